The Morgan fingerprint density at radius 2 is 1.72 bits per heavy atom. The lowest BCUT2D eigenvalue weighted by molar-refractivity contribution is -0.149. The van der Waals surface area contributed by atoms with E-state index in [0.717, 1.165) is 6.42 Å². The van der Waals surface area contributed by atoms with Crippen molar-refractivity contribution in [3.63, 3.8) is 0 Å². The van der Waals surface area contributed by atoms with Gasteiger partial charge in [-0.3, -0.25) is 14.6 Å². The van der Waals surface area contributed by atoms with Gasteiger partial charge in [-0.25, -0.2) is 4.79 Å². The number of aliphatic hydroxyl groups is 3. The smallest absolute Gasteiger partial charge is 0.331 e. The van der Waals surface area contributed by atoms with E-state index < -0.39 is 51.9 Å². The molecule has 0 spiro atoms. The number of carboxylic acid groups (broad SMARTS) is 1. The van der Waals surface area contributed by atoms with Gasteiger partial charge in [0.15, 0.2) is 11.7 Å². The first-order valence-corrected chi connectivity index (χ1v) is 17.0. The van der Waals surface area contributed by atoms with Crippen LogP contribution < -0.4 is 11.5 Å². The summed E-state index contributed by atoms with van der Waals surface area (Å²) in [6.45, 7) is 15.8. The first-order valence-electron chi connectivity index (χ1n) is 17.0. The van der Waals surface area contributed by atoms with E-state index in [1.165, 1.54) is 13.0 Å². The molecule has 0 aromatic carbocycles. The normalized spacial score (nSPS) is 39.8. The number of fused-ring (bicyclic) bond motifs is 4. The van der Waals surface area contributed by atoms with Crippen LogP contribution in [-0.2, 0) is 14.4 Å². The van der Waals surface area contributed by atoms with E-state index in [1.54, 1.807) is 0 Å². The molecule has 10 heteroatoms. The molecule has 0 aromatic rings. The monoisotopic (exact) mass is 643 g/mol. The summed E-state index contributed by atoms with van der Waals surface area (Å²) >= 11 is 0. The number of Topliss-reactive ketones (excluding diaryl/α,β-unsaturated/α-hetero) is 2. The topological polar surface area (TPSA) is 197 Å². The molecule has 2 fully saturated rings. The average molecular weight is 644 g/mol. The first kappa shape index (κ1) is 36.3. The maximum absolute atomic E-state index is 14.6. The molecule has 0 unspecified atom stereocenters. The number of carboxylic acids is 1. The number of ketones is 2. The van der Waals surface area contributed by atoms with Gasteiger partial charge in [0, 0.05) is 52.7 Å². The lowest BCUT2D eigenvalue weighted by atomic mass is 9.41. The van der Waals surface area contributed by atoms with Gasteiger partial charge in [-0.1, -0.05) is 54.9 Å². The molecule has 10 nitrogen and oxygen atoms in total. The van der Waals surface area contributed by atoms with Crippen LogP contribution in [-0.4, -0.2) is 68.8 Å². The molecular weight excluding hydrogens is 586 g/mol. The van der Waals surface area contributed by atoms with E-state index in [-0.39, 0.29) is 53.8 Å². The minimum atomic E-state index is -1.20. The molecule has 4 aliphatic rings. The molecule has 0 bridgehead atoms. The second kappa shape index (κ2) is 12.5. The Balaban J connectivity index is 1.82. The Morgan fingerprint density at radius 3 is 2.28 bits per heavy atom. The fourth-order valence-electron chi connectivity index (χ4n) is 10.4. The number of aliphatic carboxylic acids is 1. The Bertz CT molecular complexity index is 1350. The van der Waals surface area contributed by atoms with Crippen LogP contribution in [0, 0.1) is 51.2 Å². The summed E-state index contributed by atoms with van der Waals surface area (Å²) in [5, 5.41) is 44.8. The van der Waals surface area contributed by atoms with E-state index in [9.17, 15) is 34.8 Å². The highest BCUT2D eigenvalue weighted by Gasteiger charge is 2.70. The Kier molecular flexibility index (Phi) is 9.84. The SMILES string of the molecule is C/C(=C\[C@@H](O)[C@@H](CN=C(N)N)[C@@H](C)[C@H]1C[C@H](O)[C@@]2(C)C3=C(C(=O)C[C@]12C)[C@@]1(C)CCC(=O)[C@@](C)(CCC(C)C)[C@H]1C[C@H]3O)C(=O)O. The van der Waals surface area contributed by atoms with Gasteiger partial charge >= 0.3 is 5.97 Å². The molecule has 46 heavy (non-hydrogen) atoms. The fraction of sp³-hybridized carbons (Fsp3) is 0.778. The molecule has 0 aromatic heterocycles. The van der Waals surface area contributed by atoms with Gasteiger partial charge in [-0.15, -0.1) is 0 Å². The molecule has 258 valence electrons. The predicted octanol–water partition coefficient (Wildman–Crippen LogP) is 3.76. The first-order chi connectivity index (χ1) is 21.2. The van der Waals surface area contributed by atoms with Gasteiger partial charge in [-0.05, 0) is 73.3 Å². The lowest BCUT2D eigenvalue weighted by Crippen LogP contribution is -2.61. The Hall–Kier alpha value is -2.56. The fourth-order valence-corrected chi connectivity index (χ4v) is 10.4. The highest BCUT2D eigenvalue weighted by Crippen LogP contribution is 2.72. The number of aliphatic imine (C=N–C) groups is 1. The number of aliphatic hydroxyl groups excluding tert-OH is 3. The number of rotatable bonds is 10. The number of allylic oxidation sites excluding steroid dienone is 1. The minimum absolute atomic E-state index is 0.0148. The molecule has 11 atom stereocenters. The standard InChI is InChI=1S/C36H57N3O7/c1-18(2)9-11-33(5)26-15-24(41)30-29(34(26,6)12-10-27(33)43)25(42)16-35(7)22(14-28(44)36(30,35)8)20(4)21(17-39-32(37)38)23(40)13-19(3)31(45)46/h13,18,20-24,26,28,40-41,44H,9-12,14-17H2,1-8H3,(H,45,46)(H4,37,38,39)/b19-13+/t20-,21+,22-,23-,24-,26-,28+,33+,34+,35-,36+/m1/s1. The third-order valence-electron chi connectivity index (χ3n) is 13.4. The minimum Gasteiger partial charge on any atom is -0.478 e. The van der Waals surface area contributed by atoms with Gasteiger partial charge in [-0.2, -0.15) is 0 Å². The summed E-state index contributed by atoms with van der Waals surface area (Å²) in [4.78, 5) is 43.9. The van der Waals surface area contributed by atoms with E-state index in [4.69, 9.17) is 11.5 Å². The number of guanidine groups is 1. The summed E-state index contributed by atoms with van der Waals surface area (Å²) in [5.41, 5.74) is 9.52. The van der Waals surface area contributed by atoms with Crippen molar-refractivity contribution < 1.29 is 34.8 Å². The molecule has 0 amide bonds. The largest absolute Gasteiger partial charge is 0.478 e. The van der Waals surface area contributed by atoms with Crippen molar-refractivity contribution in [1.29, 1.82) is 0 Å². The molecule has 0 heterocycles. The zero-order valence-corrected chi connectivity index (χ0v) is 29.0. The van der Waals surface area contributed by atoms with E-state index in [2.05, 4.69) is 25.8 Å². The maximum atomic E-state index is 14.6. The van der Waals surface area contributed by atoms with E-state index in [0.29, 0.717) is 49.2 Å². The molecule has 4 rings (SSSR count). The van der Waals surface area contributed by atoms with Crippen molar-refractivity contribution >= 4 is 23.5 Å². The molecule has 4 aliphatic carbocycles. The van der Waals surface area contributed by atoms with Gasteiger partial charge < -0.3 is 31.9 Å². The van der Waals surface area contributed by atoms with E-state index >= 15 is 0 Å². The van der Waals surface area contributed by atoms with Crippen LogP contribution in [0.15, 0.2) is 27.8 Å². The zero-order chi connectivity index (χ0) is 34.7. The Labute approximate surface area is 273 Å². The number of carbonyl (C=O) groups excluding carboxylic acids is 2. The summed E-state index contributed by atoms with van der Waals surface area (Å²) in [6.07, 6.45) is 1.56. The highest BCUT2D eigenvalue weighted by atomic mass is 16.4. The third kappa shape index (κ3) is 5.56. The van der Waals surface area contributed by atoms with Crippen LogP contribution in [0.1, 0.15) is 100 Å². The lowest BCUT2D eigenvalue weighted by Gasteiger charge is -2.62. The second-order valence-electron chi connectivity index (χ2n) is 16.3. The predicted molar refractivity (Wildman–Crippen MR) is 176 cm³/mol. The third-order valence-corrected chi connectivity index (χ3v) is 13.4. The van der Waals surface area contributed by atoms with Gasteiger partial charge in [0.2, 0.25) is 0 Å². The molecule has 8 N–H and O–H groups in total. The molecule has 0 aliphatic heterocycles. The van der Waals surface area contributed by atoms with Crippen molar-refractivity contribution in [1.82, 2.24) is 0 Å². The number of hydrogen-bond donors (Lipinski definition) is 6. The Morgan fingerprint density at radius 1 is 1.09 bits per heavy atom. The number of carbonyl (C=O) groups is 3. The summed E-state index contributed by atoms with van der Waals surface area (Å²) in [7, 11) is 0. The summed E-state index contributed by atoms with van der Waals surface area (Å²) in [5.74, 6) is -2.17. The van der Waals surface area contributed by atoms with Gasteiger partial charge in [0.1, 0.15) is 5.78 Å². The highest BCUT2D eigenvalue weighted by molar-refractivity contribution is 6.01. The van der Waals surface area contributed by atoms with Crippen LogP contribution in [0.3, 0.4) is 0 Å². The van der Waals surface area contributed by atoms with Crippen LogP contribution in [0.4, 0.5) is 0 Å². The van der Waals surface area contributed by atoms with Crippen molar-refractivity contribution in [2.75, 3.05) is 6.54 Å². The quantitative estimate of drug-likeness (QED) is 0.117. The van der Waals surface area contributed by atoms with Crippen molar-refractivity contribution in [3.05, 3.63) is 22.8 Å². The van der Waals surface area contributed by atoms with Gasteiger partial charge in [0.05, 0.1) is 18.3 Å². The molecule has 2 saturated carbocycles. The molecule has 0 saturated heterocycles. The zero-order valence-electron chi connectivity index (χ0n) is 29.0. The second-order valence-corrected chi connectivity index (χ2v) is 16.3. The van der Waals surface area contributed by atoms with Crippen molar-refractivity contribution in [2.24, 2.45) is 67.7 Å². The molecular formula is C36H57N3O7. The maximum Gasteiger partial charge on any atom is 0.331 e. The molecule has 0 radical (unpaired) electrons. The van der Waals surface area contributed by atoms with Crippen molar-refractivity contribution in [2.45, 2.75) is 119 Å². The van der Waals surface area contributed by atoms with Gasteiger partial charge in [0.25, 0.3) is 0 Å². The van der Waals surface area contributed by atoms with E-state index in [1.807, 2.05) is 27.7 Å². The summed E-state index contributed by atoms with van der Waals surface area (Å²) < 4.78 is 0. The number of nitrogens with zero attached hydrogens (tertiary/aromatic N) is 1. The number of hydrogen-bond acceptors (Lipinski definition) is 7. The summed E-state index contributed by atoms with van der Waals surface area (Å²) in [6, 6.07) is 0. The average Bonchev–Trinajstić information content (AvgIpc) is 3.16. The number of nitrogens with two attached hydrogens (primary N) is 2. The van der Waals surface area contributed by atoms with Crippen LogP contribution >= 0.6 is 0 Å². The van der Waals surface area contributed by atoms with Crippen molar-refractivity contribution in [3.8, 4) is 0 Å². The van der Waals surface area contributed by atoms with Crippen LogP contribution in [0.25, 0.3) is 0 Å². The van der Waals surface area contributed by atoms with Crippen LogP contribution in [0.2, 0.25) is 0 Å². The van der Waals surface area contributed by atoms with Crippen LogP contribution in [0.5, 0.6) is 0 Å².